The topological polar surface area (TPSA) is 41.6 Å². The van der Waals surface area contributed by atoms with E-state index < -0.39 is 23.3 Å². The molecule has 1 aliphatic heterocycles. The molecule has 1 heterocycles. The zero-order chi connectivity index (χ0) is 16.3. The molecular weight excluding hydrogens is 290 g/mol. The van der Waals surface area contributed by atoms with Gasteiger partial charge in [-0.1, -0.05) is 0 Å². The molecular formula is C16H22F2N2O2. The van der Waals surface area contributed by atoms with Crippen LogP contribution in [0.3, 0.4) is 0 Å². The number of amides is 1. The van der Waals surface area contributed by atoms with Crippen LogP contribution < -0.4 is 5.32 Å². The summed E-state index contributed by atoms with van der Waals surface area (Å²) in [7, 11) is 0. The largest absolute Gasteiger partial charge is 0.444 e. The van der Waals surface area contributed by atoms with Gasteiger partial charge in [0.2, 0.25) is 0 Å². The molecule has 1 aromatic carbocycles. The molecule has 2 rings (SSSR count). The lowest BCUT2D eigenvalue weighted by Gasteiger charge is -2.37. The zero-order valence-corrected chi connectivity index (χ0v) is 13.2. The Bertz CT molecular complexity index is 523. The summed E-state index contributed by atoms with van der Waals surface area (Å²) in [6.45, 7) is 7.18. The molecule has 4 nitrogen and oxygen atoms in total. The molecule has 6 heteroatoms. The van der Waals surface area contributed by atoms with E-state index in [1.54, 1.807) is 4.90 Å². The Morgan fingerprint density at radius 3 is 2.55 bits per heavy atom. The number of nitrogens with one attached hydrogen (secondary N) is 1. The normalized spacial score (nSPS) is 19.1. The van der Waals surface area contributed by atoms with Crippen molar-refractivity contribution in [2.24, 2.45) is 0 Å². The molecule has 0 bridgehead atoms. The minimum atomic E-state index is -0.609. The molecule has 22 heavy (non-hydrogen) atoms. The highest BCUT2D eigenvalue weighted by Crippen LogP contribution is 2.17. The molecule has 0 aliphatic carbocycles. The van der Waals surface area contributed by atoms with Crippen LogP contribution >= 0.6 is 0 Å². The van der Waals surface area contributed by atoms with Crippen molar-refractivity contribution in [3.05, 3.63) is 35.4 Å². The predicted molar refractivity (Wildman–Crippen MR) is 79.7 cm³/mol. The third-order valence-electron chi connectivity index (χ3n) is 3.37. The average Bonchev–Trinajstić information content (AvgIpc) is 2.35. The maximum Gasteiger partial charge on any atom is 0.410 e. The molecule has 1 fully saturated rings. The van der Waals surface area contributed by atoms with Crippen LogP contribution in [0.2, 0.25) is 0 Å². The standard InChI is InChI=1S/C16H22F2N2O2/c1-16(2,3)22-15(21)20-5-4-19-10-14(20)8-11-6-12(17)9-13(18)7-11/h6-7,9,14,19H,4-5,8,10H2,1-3H3/t14-/m1/s1. The molecule has 1 atom stereocenters. The van der Waals surface area contributed by atoms with Crippen LogP contribution in [0.4, 0.5) is 13.6 Å². The van der Waals surface area contributed by atoms with Crippen LogP contribution in [0.1, 0.15) is 26.3 Å². The number of piperazine rings is 1. The third kappa shape index (κ3) is 4.66. The van der Waals surface area contributed by atoms with Crippen LogP contribution in [0, 0.1) is 11.6 Å². The van der Waals surface area contributed by atoms with E-state index in [-0.39, 0.29) is 6.04 Å². The van der Waals surface area contributed by atoms with Gasteiger partial charge in [0, 0.05) is 25.7 Å². The van der Waals surface area contributed by atoms with E-state index in [0.29, 0.717) is 31.6 Å². The van der Waals surface area contributed by atoms with Crippen LogP contribution in [0.15, 0.2) is 18.2 Å². The van der Waals surface area contributed by atoms with Gasteiger partial charge < -0.3 is 15.0 Å². The van der Waals surface area contributed by atoms with Crippen molar-refractivity contribution in [1.82, 2.24) is 10.2 Å². The molecule has 1 amide bonds. The fourth-order valence-electron chi connectivity index (χ4n) is 2.51. The van der Waals surface area contributed by atoms with E-state index in [2.05, 4.69) is 5.32 Å². The number of carbonyl (C=O) groups is 1. The van der Waals surface area contributed by atoms with Gasteiger partial charge in [-0.2, -0.15) is 0 Å². The molecule has 1 N–H and O–H groups in total. The maximum absolute atomic E-state index is 13.3. The van der Waals surface area contributed by atoms with Gasteiger partial charge in [-0.05, 0) is 44.9 Å². The second kappa shape index (κ2) is 6.60. The first-order valence-electron chi connectivity index (χ1n) is 7.40. The van der Waals surface area contributed by atoms with Crippen molar-refractivity contribution in [2.75, 3.05) is 19.6 Å². The van der Waals surface area contributed by atoms with Gasteiger partial charge in [0.05, 0.1) is 6.04 Å². The molecule has 1 saturated heterocycles. The molecule has 0 unspecified atom stereocenters. The van der Waals surface area contributed by atoms with Gasteiger partial charge in [-0.15, -0.1) is 0 Å². The van der Waals surface area contributed by atoms with E-state index in [0.717, 1.165) is 6.07 Å². The average molecular weight is 312 g/mol. The van der Waals surface area contributed by atoms with E-state index >= 15 is 0 Å². The van der Waals surface area contributed by atoms with Gasteiger partial charge in [-0.25, -0.2) is 13.6 Å². The van der Waals surface area contributed by atoms with Crippen molar-refractivity contribution in [3.63, 3.8) is 0 Å². The predicted octanol–water partition coefficient (Wildman–Crippen LogP) is 2.72. The number of nitrogens with zero attached hydrogens (tertiary/aromatic N) is 1. The summed E-state index contributed by atoms with van der Waals surface area (Å²) >= 11 is 0. The fourth-order valence-corrected chi connectivity index (χ4v) is 2.51. The lowest BCUT2D eigenvalue weighted by atomic mass is 10.0. The van der Waals surface area contributed by atoms with Gasteiger partial charge >= 0.3 is 6.09 Å². The van der Waals surface area contributed by atoms with Crippen LogP contribution in [0.5, 0.6) is 0 Å². The van der Waals surface area contributed by atoms with E-state index in [4.69, 9.17) is 4.74 Å². The number of hydrogen-bond donors (Lipinski definition) is 1. The van der Waals surface area contributed by atoms with Crippen molar-refractivity contribution in [2.45, 2.75) is 38.8 Å². The van der Waals surface area contributed by atoms with Gasteiger partial charge in [-0.3, -0.25) is 0 Å². The Morgan fingerprint density at radius 1 is 1.32 bits per heavy atom. The highest BCUT2D eigenvalue weighted by molar-refractivity contribution is 5.68. The van der Waals surface area contributed by atoms with Gasteiger partial charge in [0.25, 0.3) is 0 Å². The Balaban J connectivity index is 2.11. The number of carbonyl (C=O) groups excluding carboxylic acids is 1. The Morgan fingerprint density at radius 2 is 1.95 bits per heavy atom. The fraction of sp³-hybridized carbons (Fsp3) is 0.562. The number of hydrogen-bond acceptors (Lipinski definition) is 3. The third-order valence-corrected chi connectivity index (χ3v) is 3.37. The quantitative estimate of drug-likeness (QED) is 0.913. The summed E-state index contributed by atoms with van der Waals surface area (Å²) in [4.78, 5) is 13.9. The SMILES string of the molecule is CC(C)(C)OC(=O)N1CCNC[C@H]1Cc1cc(F)cc(F)c1. The summed E-state index contributed by atoms with van der Waals surface area (Å²) in [5.41, 5.74) is -0.0444. The summed E-state index contributed by atoms with van der Waals surface area (Å²) in [5, 5.41) is 3.20. The van der Waals surface area contributed by atoms with E-state index in [1.807, 2.05) is 20.8 Å². The first kappa shape index (κ1) is 16.7. The first-order chi connectivity index (χ1) is 10.2. The summed E-state index contributed by atoms with van der Waals surface area (Å²) < 4.78 is 32.0. The van der Waals surface area contributed by atoms with Crippen molar-refractivity contribution < 1.29 is 18.3 Å². The van der Waals surface area contributed by atoms with Crippen molar-refractivity contribution in [3.8, 4) is 0 Å². The Kier molecular flexibility index (Phi) is 5.01. The van der Waals surface area contributed by atoms with Crippen molar-refractivity contribution in [1.29, 1.82) is 0 Å². The summed E-state index contributed by atoms with van der Waals surface area (Å²) in [6.07, 6.45) is -0.0168. The molecule has 0 saturated carbocycles. The number of rotatable bonds is 2. The minimum Gasteiger partial charge on any atom is -0.444 e. The summed E-state index contributed by atoms with van der Waals surface area (Å²) in [5.74, 6) is -1.22. The molecule has 0 radical (unpaired) electrons. The van der Waals surface area contributed by atoms with Crippen molar-refractivity contribution >= 4 is 6.09 Å². The highest BCUT2D eigenvalue weighted by Gasteiger charge is 2.30. The van der Waals surface area contributed by atoms with E-state index in [9.17, 15) is 13.6 Å². The number of halogens is 2. The minimum absolute atomic E-state index is 0.190. The molecule has 1 aliphatic rings. The van der Waals surface area contributed by atoms with Gasteiger partial charge in [0.15, 0.2) is 0 Å². The van der Waals surface area contributed by atoms with E-state index in [1.165, 1.54) is 12.1 Å². The van der Waals surface area contributed by atoms with Crippen LogP contribution in [-0.2, 0) is 11.2 Å². The summed E-state index contributed by atoms with van der Waals surface area (Å²) in [6, 6.07) is 3.24. The van der Waals surface area contributed by atoms with Crippen LogP contribution in [-0.4, -0.2) is 42.3 Å². The first-order valence-corrected chi connectivity index (χ1v) is 7.40. The molecule has 0 spiro atoms. The Hall–Kier alpha value is -1.69. The van der Waals surface area contributed by atoms with Gasteiger partial charge in [0.1, 0.15) is 17.2 Å². The Labute approximate surface area is 129 Å². The number of benzene rings is 1. The molecule has 1 aromatic rings. The second-order valence-corrected chi connectivity index (χ2v) is 6.51. The monoisotopic (exact) mass is 312 g/mol. The lowest BCUT2D eigenvalue weighted by molar-refractivity contribution is 0.0122. The zero-order valence-electron chi connectivity index (χ0n) is 13.2. The maximum atomic E-state index is 13.3. The highest BCUT2D eigenvalue weighted by atomic mass is 19.1. The smallest absolute Gasteiger partial charge is 0.410 e. The number of ether oxygens (including phenoxy) is 1. The lowest BCUT2D eigenvalue weighted by Crippen LogP contribution is -2.55. The second-order valence-electron chi connectivity index (χ2n) is 6.51. The molecule has 0 aromatic heterocycles. The van der Waals surface area contributed by atoms with Crippen LogP contribution in [0.25, 0.3) is 0 Å². The molecule has 122 valence electrons.